The molecule has 2 unspecified atom stereocenters. The number of anilines is 1. The Hall–Kier alpha value is -3.51. The zero-order valence-electron chi connectivity index (χ0n) is 19.3. The van der Waals surface area contributed by atoms with Crippen LogP contribution in [-0.2, 0) is 17.9 Å². The summed E-state index contributed by atoms with van der Waals surface area (Å²) in [5.41, 5.74) is -0.00809. The lowest BCUT2D eigenvalue weighted by atomic mass is 9.86. The van der Waals surface area contributed by atoms with E-state index in [1.807, 2.05) is 0 Å². The van der Waals surface area contributed by atoms with Gasteiger partial charge in [0, 0.05) is 50.1 Å². The molecule has 12 heteroatoms. The molecular formula is C24H25F4N5O3. The van der Waals surface area contributed by atoms with Crippen LogP contribution in [0.5, 0.6) is 0 Å². The zero-order chi connectivity index (χ0) is 26.0. The maximum Gasteiger partial charge on any atom is 0.257 e. The van der Waals surface area contributed by atoms with Crippen molar-refractivity contribution in [1.82, 2.24) is 19.4 Å². The Balaban J connectivity index is 1.42. The molecule has 0 spiro atoms. The molecule has 0 radical (unpaired) electrons. The molecule has 8 nitrogen and oxygen atoms in total. The van der Waals surface area contributed by atoms with Gasteiger partial charge in [0.25, 0.3) is 11.5 Å². The predicted octanol–water partition coefficient (Wildman–Crippen LogP) is 2.84. The first kappa shape index (κ1) is 25.6. The van der Waals surface area contributed by atoms with Crippen molar-refractivity contribution in [3.8, 4) is 0 Å². The number of piperidine rings is 1. The van der Waals surface area contributed by atoms with Gasteiger partial charge >= 0.3 is 0 Å². The lowest BCUT2D eigenvalue weighted by Gasteiger charge is -2.40. The average molecular weight is 507 g/mol. The van der Waals surface area contributed by atoms with Crippen molar-refractivity contribution in [1.29, 1.82) is 0 Å². The van der Waals surface area contributed by atoms with Crippen LogP contribution in [-0.4, -0.2) is 55.5 Å². The molecule has 1 amide bonds. The Morgan fingerprint density at radius 3 is 2.69 bits per heavy atom. The number of likely N-dealkylation sites (tertiary alicyclic amines) is 1. The number of benzene rings is 1. The average Bonchev–Trinajstić information content (AvgIpc) is 3.24. The summed E-state index contributed by atoms with van der Waals surface area (Å²) in [7, 11) is 0. The fourth-order valence-electron chi connectivity index (χ4n) is 4.32. The number of aromatic nitrogens is 3. The van der Waals surface area contributed by atoms with E-state index in [9.17, 15) is 32.3 Å². The van der Waals surface area contributed by atoms with Gasteiger partial charge in [0.2, 0.25) is 5.91 Å². The van der Waals surface area contributed by atoms with Crippen molar-refractivity contribution in [3.63, 3.8) is 0 Å². The third-order valence-corrected chi connectivity index (χ3v) is 6.33. The molecule has 3 aromatic rings. The van der Waals surface area contributed by atoms with Gasteiger partial charge in [-0.25, -0.2) is 22.5 Å². The second kappa shape index (κ2) is 10.2. The van der Waals surface area contributed by atoms with E-state index in [0.29, 0.717) is 5.56 Å². The second-order valence-electron chi connectivity index (χ2n) is 8.88. The summed E-state index contributed by atoms with van der Waals surface area (Å²) < 4.78 is 57.9. The molecular weight excluding hydrogens is 482 g/mol. The van der Waals surface area contributed by atoms with E-state index in [2.05, 4.69) is 15.3 Å². The Bertz CT molecular complexity index is 1290. The summed E-state index contributed by atoms with van der Waals surface area (Å²) in [5.74, 6) is -6.00. The summed E-state index contributed by atoms with van der Waals surface area (Å²) in [4.78, 5) is 32.6. The lowest BCUT2D eigenvalue weighted by Crippen LogP contribution is -2.52. The molecule has 3 heterocycles. The molecule has 1 aliphatic rings. The summed E-state index contributed by atoms with van der Waals surface area (Å²) in [6.07, 6.45) is 3.62. The van der Waals surface area contributed by atoms with Crippen LogP contribution in [0.2, 0.25) is 0 Å². The maximum absolute atomic E-state index is 14.8. The predicted molar refractivity (Wildman–Crippen MR) is 123 cm³/mol. The highest BCUT2D eigenvalue weighted by molar-refractivity contribution is 5.93. The Morgan fingerprint density at radius 1 is 1.28 bits per heavy atom. The first-order valence-electron chi connectivity index (χ1n) is 11.3. The number of carbonyl (C=O) groups excluding carboxylic acids is 1. The summed E-state index contributed by atoms with van der Waals surface area (Å²) in [5, 5.41) is 12.0. The highest BCUT2D eigenvalue weighted by Gasteiger charge is 2.46. The number of amides is 1. The summed E-state index contributed by atoms with van der Waals surface area (Å²) in [6, 6.07) is 3.65. The van der Waals surface area contributed by atoms with Crippen LogP contribution in [0.1, 0.15) is 36.0 Å². The highest BCUT2D eigenvalue weighted by atomic mass is 19.3. The van der Waals surface area contributed by atoms with Gasteiger partial charge in [0.15, 0.2) is 5.82 Å². The van der Waals surface area contributed by atoms with Gasteiger partial charge < -0.3 is 20.0 Å². The van der Waals surface area contributed by atoms with E-state index in [0.717, 1.165) is 6.07 Å². The van der Waals surface area contributed by atoms with Crippen molar-refractivity contribution >= 4 is 11.7 Å². The quantitative estimate of drug-likeness (QED) is 0.427. The SMILES string of the molecule is CC(C(=O)Nc1cn(Cc2cc(F)cc(F)c2)cn1)N1CCC(F)(F)C(c2c[nH]c(=O)c(CO)c2)C1. The van der Waals surface area contributed by atoms with Crippen LogP contribution in [0.15, 0.2) is 47.8 Å². The van der Waals surface area contributed by atoms with E-state index in [1.165, 1.54) is 36.9 Å². The normalized spacial score (nSPS) is 18.7. The molecule has 36 heavy (non-hydrogen) atoms. The first-order chi connectivity index (χ1) is 17.1. The minimum Gasteiger partial charge on any atom is -0.391 e. The van der Waals surface area contributed by atoms with Gasteiger partial charge in [-0.2, -0.15) is 0 Å². The number of pyridine rings is 1. The molecule has 0 bridgehead atoms. The number of aliphatic hydroxyl groups is 1. The summed E-state index contributed by atoms with van der Waals surface area (Å²) in [6.45, 7) is 0.982. The fourth-order valence-corrected chi connectivity index (χ4v) is 4.32. The van der Waals surface area contributed by atoms with E-state index in [-0.39, 0.29) is 36.6 Å². The van der Waals surface area contributed by atoms with Crippen molar-refractivity contribution in [3.05, 3.63) is 81.7 Å². The van der Waals surface area contributed by atoms with Crippen LogP contribution in [0.25, 0.3) is 0 Å². The van der Waals surface area contributed by atoms with Crippen molar-refractivity contribution in [2.45, 2.75) is 44.4 Å². The number of carbonyl (C=O) groups is 1. The summed E-state index contributed by atoms with van der Waals surface area (Å²) >= 11 is 0. The van der Waals surface area contributed by atoms with Crippen molar-refractivity contribution in [2.75, 3.05) is 18.4 Å². The molecule has 1 aliphatic heterocycles. The minimum absolute atomic E-state index is 0.0113. The van der Waals surface area contributed by atoms with Gasteiger partial charge in [0.05, 0.1) is 24.9 Å². The zero-order valence-corrected chi connectivity index (χ0v) is 19.3. The van der Waals surface area contributed by atoms with Crippen LogP contribution in [0, 0.1) is 11.6 Å². The Labute approximate surface area is 203 Å². The van der Waals surface area contributed by atoms with Gasteiger partial charge in [-0.15, -0.1) is 0 Å². The van der Waals surface area contributed by atoms with E-state index < -0.39 is 54.0 Å². The van der Waals surface area contributed by atoms with Crippen molar-refractivity contribution < 1.29 is 27.5 Å². The van der Waals surface area contributed by atoms with Gasteiger partial charge in [-0.3, -0.25) is 14.5 Å². The molecule has 0 saturated carbocycles. The molecule has 1 saturated heterocycles. The molecule has 2 aromatic heterocycles. The van der Waals surface area contributed by atoms with Crippen LogP contribution < -0.4 is 10.9 Å². The standard InChI is InChI=1S/C24H25F4N5O3/c1-14(22(35)31-21-11-32(13-30-21)9-15-4-18(25)7-19(26)5-15)33-3-2-24(27,28)20(10-33)16-6-17(12-34)23(36)29-8-16/h4-8,11,13-14,20,34H,2-3,9-10,12H2,1H3,(H,29,36)(H,31,35). The Kier molecular flexibility index (Phi) is 7.27. The molecule has 4 rings (SSSR count). The van der Waals surface area contributed by atoms with E-state index in [1.54, 1.807) is 16.4 Å². The number of rotatable bonds is 7. The number of imidazole rings is 1. The van der Waals surface area contributed by atoms with Gasteiger partial charge in [0.1, 0.15) is 11.6 Å². The minimum atomic E-state index is -3.06. The van der Waals surface area contributed by atoms with E-state index in [4.69, 9.17) is 0 Å². The Morgan fingerprint density at radius 2 is 2.00 bits per heavy atom. The number of aromatic amines is 1. The topological polar surface area (TPSA) is 103 Å². The van der Waals surface area contributed by atoms with Crippen LogP contribution in [0.4, 0.5) is 23.4 Å². The van der Waals surface area contributed by atoms with E-state index >= 15 is 0 Å². The fraction of sp³-hybridized carbons (Fsp3) is 0.375. The molecule has 1 aromatic carbocycles. The number of hydrogen-bond acceptors (Lipinski definition) is 5. The van der Waals surface area contributed by atoms with Crippen molar-refractivity contribution in [2.24, 2.45) is 0 Å². The molecule has 1 fully saturated rings. The first-order valence-corrected chi connectivity index (χ1v) is 11.3. The molecule has 0 aliphatic carbocycles. The number of H-pyrrole nitrogens is 1. The maximum atomic E-state index is 14.8. The number of hydrogen-bond donors (Lipinski definition) is 3. The van der Waals surface area contributed by atoms with Gasteiger partial charge in [-0.1, -0.05) is 0 Å². The molecule has 2 atom stereocenters. The smallest absolute Gasteiger partial charge is 0.257 e. The third kappa shape index (κ3) is 5.65. The number of alkyl halides is 2. The largest absolute Gasteiger partial charge is 0.391 e. The third-order valence-electron chi connectivity index (χ3n) is 6.33. The monoisotopic (exact) mass is 507 g/mol. The molecule has 192 valence electrons. The number of aliphatic hydroxyl groups excluding tert-OH is 1. The van der Waals surface area contributed by atoms with Crippen LogP contribution >= 0.6 is 0 Å². The van der Waals surface area contributed by atoms with Crippen LogP contribution in [0.3, 0.4) is 0 Å². The van der Waals surface area contributed by atoms with Gasteiger partial charge in [-0.05, 0) is 36.2 Å². The number of halogens is 4. The lowest BCUT2D eigenvalue weighted by molar-refractivity contribution is -0.125. The molecule has 3 N–H and O–H groups in total. The highest BCUT2D eigenvalue weighted by Crippen LogP contribution is 2.40. The number of nitrogens with zero attached hydrogens (tertiary/aromatic N) is 3. The number of nitrogens with one attached hydrogen (secondary N) is 2. The second-order valence-corrected chi connectivity index (χ2v) is 8.88.